The van der Waals surface area contributed by atoms with Gasteiger partial charge in [-0.25, -0.2) is 0 Å². The van der Waals surface area contributed by atoms with Crippen LogP contribution in [0.15, 0.2) is 23.5 Å². The van der Waals surface area contributed by atoms with E-state index in [1.165, 1.54) is 0 Å². The zero-order valence-electron chi connectivity index (χ0n) is 23.7. The molecular weight excluding hydrogens is 512 g/mol. The fourth-order valence-corrected chi connectivity index (χ4v) is 9.04. The molecule has 40 heavy (non-hydrogen) atoms. The number of rotatable bonds is 6. The average Bonchev–Trinajstić information content (AvgIpc) is 3.02. The van der Waals surface area contributed by atoms with E-state index < -0.39 is 40.6 Å². The Balaban J connectivity index is 1.26. The smallest absolute Gasteiger partial charge is 0.242 e. The molecule has 0 spiro atoms. The monoisotopic (exact) mass is 556 g/mol. The van der Waals surface area contributed by atoms with Crippen LogP contribution in [0.4, 0.5) is 0 Å². The first kappa shape index (κ1) is 29.0. The van der Waals surface area contributed by atoms with Gasteiger partial charge in [-0.15, -0.1) is 0 Å². The predicted molar refractivity (Wildman–Crippen MR) is 147 cm³/mol. The zero-order valence-corrected chi connectivity index (χ0v) is 23.7. The first-order valence-corrected chi connectivity index (χ1v) is 15.0. The molecule has 4 fully saturated rings. The summed E-state index contributed by atoms with van der Waals surface area (Å²) in [6.45, 7) is 4.68. The molecule has 220 valence electrons. The van der Waals surface area contributed by atoms with E-state index in [-0.39, 0.29) is 54.1 Å². The molecule has 0 unspecified atom stereocenters. The van der Waals surface area contributed by atoms with E-state index in [0.29, 0.717) is 32.2 Å². The maximum absolute atomic E-state index is 12.8. The lowest BCUT2D eigenvalue weighted by atomic mass is 9.45. The van der Waals surface area contributed by atoms with E-state index in [1.807, 2.05) is 6.92 Å². The number of amides is 2. The van der Waals surface area contributed by atoms with Gasteiger partial charge in [-0.2, -0.15) is 0 Å². The number of aliphatic hydroxyl groups excluding tert-OH is 2. The van der Waals surface area contributed by atoms with E-state index in [2.05, 4.69) is 17.6 Å². The highest BCUT2D eigenvalue weighted by Crippen LogP contribution is 2.68. The van der Waals surface area contributed by atoms with Gasteiger partial charge in [0.15, 0.2) is 11.6 Å². The number of nitrogens with one attached hydrogen (secondary N) is 2. The summed E-state index contributed by atoms with van der Waals surface area (Å²) < 4.78 is 0. The molecule has 1 heterocycles. The van der Waals surface area contributed by atoms with Crippen molar-refractivity contribution in [2.45, 2.75) is 109 Å². The van der Waals surface area contributed by atoms with Gasteiger partial charge in [0.1, 0.15) is 17.4 Å². The summed E-state index contributed by atoms with van der Waals surface area (Å²) in [5.74, 6) is -1.14. The predicted octanol–water partition coefficient (Wildman–Crippen LogP) is 2.80. The third-order valence-corrected chi connectivity index (χ3v) is 11.2. The van der Waals surface area contributed by atoms with Gasteiger partial charge in [-0.3, -0.25) is 19.2 Å². The largest absolute Gasteiger partial charge is 0.509 e. The second-order valence-corrected chi connectivity index (χ2v) is 13.4. The third-order valence-electron chi connectivity index (χ3n) is 11.2. The van der Waals surface area contributed by atoms with Gasteiger partial charge in [-0.05, 0) is 87.0 Å². The Morgan fingerprint density at radius 2 is 1.88 bits per heavy atom. The molecule has 9 nitrogen and oxygen atoms in total. The molecule has 5 rings (SSSR count). The van der Waals surface area contributed by atoms with Crippen LogP contribution in [-0.4, -0.2) is 63.0 Å². The van der Waals surface area contributed by atoms with Crippen molar-refractivity contribution < 1.29 is 34.5 Å². The quantitative estimate of drug-likeness (QED) is 0.249. The van der Waals surface area contributed by atoms with Crippen LogP contribution in [0.5, 0.6) is 0 Å². The molecule has 8 atom stereocenters. The molecular formula is C31H44N2O7. The van der Waals surface area contributed by atoms with Crippen molar-refractivity contribution in [3.63, 3.8) is 0 Å². The number of allylic oxidation sites excluding steroid dienone is 2. The van der Waals surface area contributed by atoms with Crippen LogP contribution in [0.1, 0.15) is 90.9 Å². The SMILES string of the molecule is C[C@]12CCC(=O)C=C1CC[C@H]1[C@@H]2[C@H](O)C[C@@]2(C)[C@@H]1CC[C@]2(O)/C(O)=C\C(=O)CCC(=O)N[C@@H]1CCCCNC1=O. The molecule has 0 aromatic heterocycles. The van der Waals surface area contributed by atoms with Gasteiger partial charge in [-0.1, -0.05) is 19.4 Å². The summed E-state index contributed by atoms with van der Waals surface area (Å²) in [6.07, 6.45) is 8.19. The Hall–Kier alpha value is -2.52. The molecule has 0 aromatic carbocycles. The van der Waals surface area contributed by atoms with Crippen LogP contribution >= 0.6 is 0 Å². The highest BCUT2D eigenvalue weighted by Gasteiger charge is 2.67. The second-order valence-electron chi connectivity index (χ2n) is 13.4. The molecule has 0 aromatic rings. The number of aliphatic hydroxyl groups is 3. The minimum Gasteiger partial charge on any atom is -0.509 e. The summed E-state index contributed by atoms with van der Waals surface area (Å²) in [5, 5.41) is 40.0. The summed E-state index contributed by atoms with van der Waals surface area (Å²) in [7, 11) is 0. The molecule has 4 aliphatic carbocycles. The minimum absolute atomic E-state index is 0.0113. The van der Waals surface area contributed by atoms with E-state index >= 15 is 0 Å². The fourth-order valence-electron chi connectivity index (χ4n) is 9.04. The van der Waals surface area contributed by atoms with Gasteiger partial charge in [0.25, 0.3) is 0 Å². The lowest BCUT2D eigenvalue weighted by Crippen LogP contribution is -2.60. The Kier molecular flexibility index (Phi) is 7.76. The number of hydrogen-bond donors (Lipinski definition) is 5. The summed E-state index contributed by atoms with van der Waals surface area (Å²) in [6, 6.07) is -0.602. The Morgan fingerprint density at radius 1 is 1.10 bits per heavy atom. The van der Waals surface area contributed by atoms with Gasteiger partial charge < -0.3 is 26.0 Å². The van der Waals surface area contributed by atoms with Crippen molar-refractivity contribution in [3.8, 4) is 0 Å². The second kappa shape index (κ2) is 10.7. The van der Waals surface area contributed by atoms with Crippen LogP contribution in [0.2, 0.25) is 0 Å². The number of hydrogen-bond acceptors (Lipinski definition) is 7. The lowest BCUT2D eigenvalue weighted by molar-refractivity contribution is -0.168. The Bertz CT molecular complexity index is 1150. The third kappa shape index (κ3) is 4.83. The molecule has 9 heteroatoms. The van der Waals surface area contributed by atoms with Gasteiger partial charge >= 0.3 is 0 Å². The highest BCUT2D eigenvalue weighted by atomic mass is 16.3. The van der Waals surface area contributed by atoms with E-state index in [1.54, 1.807) is 6.08 Å². The first-order valence-electron chi connectivity index (χ1n) is 15.0. The molecule has 5 N–H and O–H groups in total. The Labute approximate surface area is 235 Å². The summed E-state index contributed by atoms with van der Waals surface area (Å²) >= 11 is 0. The normalized spacial score (nSPS) is 41.5. The first-order chi connectivity index (χ1) is 18.9. The number of fused-ring (bicyclic) bond motifs is 5. The molecule has 1 aliphatic heterocycles. The van der Waals surface area contributed by atoms with E-state index in [9.17, 15) is 34.5 Å². The zero-order chi connectivity index (χ0) is 28.9. The molecule has 0 radical (unpaired) electrons. The Morgan fingerprint density at radius 3 is 2.65 bits per heavy atom. The summed E-state index contributed by atoms with van der Waals surface area (Å²) in [5.41, 5.74) is -1.58. The van der Waals surface area contributed by atoms with Crippen LogP contribution in [-0.2, 0) is 19.2 Å². The van der Waals surface area contributed by atoms with Crippen molar-refractivity contribution in [2.24, 2.45) is 28.6 Å². The number of ketones is 2. The van der Waals surface area contributed by atoms with Crippen molar-refractivity contribution in [3.05, 3.63) is 23.5 Å². The van der Waals surface area contributed by atoms with Gasteiger partial charge in [0.05, 0.1) is 6.10 Å². The maximum atomic E-state index is 12.8. The maximum Gasteiger partial charge on any atom is 0.242 e. The van der Waals surface area contributed by atoms with Crippen LogP contribution in [0.25, 0.3) is 0 Å². The van der Waals surface area contributed by atoms with E-state index in [4.69, 9.17) is 0 Å². The minimum atomic E-state index is -1.65. The number of carbonyl (C=O) groups excluding carboxylic acids is 4. The van der Waals surface area contributed by atoms with Crippen molar-refractivity contribution in [2.75, 3.05) is 6.54 Å². The summed E-state index contributed by atoms with van der Waals surface area (Å²) in [4.78, 5) is 49.4. The van der Waals surface area contributed by atoms with Crippen LogP contribution in [0, 0.1) is 28.6 Å². The van der Waals surface area contributed by atoms with Gasteiger partial charge in [0.2, 0.25) is 11.8 Å². The number of carbonyl (C=O) groups is 4. The van der Waals surface area contributed by atoms with Crippen molar-refractivity contribution >= 4 is 23.4 Å². The van der Waals surface area contributed by atoms with Crippen molar-refractivity contribution in [1.29, 1.82) is 0 Å². The molecule has 2 amide bonds. The molecule has 0 bridgehead atoms. The van der Waals surface area contributed by atoms with Gasteiger partial charge in [0, 0.05) is 37.3 Å². The topological polar surface area (TPSA) is 153 Å². The van der Waals surface area contributed by atoms with Crippen LogP contribution < -0.4 is 10.6 Å². The standard InChI is InChI=1S/C31H44N2O7/c1-29-12-10-20(35)15-18(29)6-8-21-22-11-13-31(40,30(22,2)17-24(36)27(21)29)25(37)16-19(34)7-9-26(38)33-23-5-3-4-14-32-28(23)39/h15-16,21-24,27,36-37,40H,3-14,17H2,1-2H3,(H,32,39)(H,33,38)/b25-16+/t21-,22-,23-,24-,27-,29+,30+,31+/m1/s1. The molecule has 5 aliphatic rings. The van der Waals surface area contributed by atoms with Crippen LogP contribution in [0.3, 0.4) is 0 Å². The fraction of sp³-hybridized carbons (Fsp3) is 0.742. The van der Waals surface area contributed by atoms with Crippen molar-refractivity contribution in [1.82, 2.24) is 10.6 Å². The highest BCUT2D eigenvalue weighted by molar-refractivity contribution is 5.94. The lowest BCUT2D eigenvalue weighted by Gasteiger charge is -2.60. The molecule has 1 saturated heterocycles. The molecule has 3 saturated carbocycles. The average molecular weight is 557 g/mol. The van der Waals surface area contributed by atoms with E-state index in [0.717, 1.165) is 43.8 Å².